The number of ketones is 2. The highest BCUT2D eigenvalue weighted by molar-refractivity contribution is 5.96. The molecule has 4 aliphatic carbocycles. The van der Waals surface area contributed by atoms with E-state index in [9.17, 15) is 34.5 Å². The molecule has 14 heteroatoms. The molecule has 2 aliphatic heterocycles. The second kappa shape index (κ2) is 11.2. The summed E-state index contributed by atoms with van der Waals surface area (Å²) in [5.74, 6) is -8.11. The van der Waals surface area contributed by atoms with Gasteiger partial charge in [0.1, 0.15) is 23.4 Å². The van der Waals surface area contributed by atoms with Crippen molar-refractivity contribution in [2.45, 2.75) is 103 Å². The zero-order chi connectivity index (χ0) is 35.6. The first kappa shape index (κ1) is 34.3. The number of Topliss-reactive ketones (excluding diaryl/α,β-unsaturated/α-hetero) is 2. The first-order valence-corrected chi connectivity index (χ1v) is 16.9. The Morgan fingerprint density at radius 1 is 0.939 bits per heavy atom. The number of hydrogen-bond donors (Lipinski definition) is 3. The lowest BCUT2D eigenvalue weighted by molar-refractivity contribution is -0.383. The summed E-state index contributed by atoms with van der Waals surface area (Å²) in [6.07, 6.45) is -7.51. The normalized spacial score (nSPS) is 48.6. The molecule has 1 aromatic heterocycles. The molecule has 4 saturated carbocycles. The Labute approximate surface area is 282 Å². The average molecular weight is 689 g/mol. The van der Waals surface area contributed by atoms with E-state index in [1.807, 2.05) is 0 Å². The monoisotopic (exact) mass is 688 g/mol. The van der Waals surface area contributed by atoms with E-state index >= 15 is 4.79 Å². The third kappa shape index (κ3) is 4.09. The number of carbonyl (C=O) groups excluding carboxylic acids is 5. The maximum Gasteiger partial charge on any atom is 0.310 e. The highest BCUT2D eigenvalue weighted by Crippen LogP contribution is 2.77. The maximum absolute atomic E-state index is 15.0. The number of aliphatic hydroxyl groups is 3. The molecule has 0 spiro atoms. The molecule has 1 aromatic rings. The number of esters is 3. The fourth-order valence-corrected chi connectivity index (χ4v) is 11.5. The Bertz CT molecular complexity index is 1570. The molecule has 6 fully saturated rings. The molecular weight excluding hydrogens is 644 g/mol. The molecule has 0 aromatic carbocycles. The Balaban J connectivity index is 1.46. The molecule has 2 saturated heterocycles. The van der Waals surface area contributed by atoms with Gasteiger partial charge in [0.2, 0.25) is 6.29 Å². The number of carbonyl (C=O) groups is 5. The molecule has 0 amide bonds. The second-order valence-corrected chi connectivity index (χ2v) is 15.5. The topological polar surface area (TPSA) is 205 Å². The maximum atomic E-state index is 15.0. The molecule has 14 nitrogen and oxygen atoms in total. The number of rotatable bonds is 6. The number of aliphatic hydroxyl groups excluding tert-OH is 3. The molecule has 5 unspecified atom stereocenters. The fraction of sp³-hybridized carbons (Fsp3) is 0.743. The number of ether oxygens (including phenoxy) is 5. The molecule has 268 valence electrons. The van der Waals surface area contributed by atoms with Gasteiger partial charge in [-0.25, -0.2) is 0 Å². The Morgan fingerprint density at radius 3 is 2.22 bits per heavy atom. The summed E-state index contributed by atoms with van der Waals surface area (Å²) in [6.45, 7) is 8.17. The number of hydrogen-bond acceptors (Lipinski definition) is 14. The summed E-state index contributed by atoms with van der Waals surface area (Å²) in [5, 5.41) is 37.2. The SMILES string of the molecule is CCC(C)C(=O)OC1OC[C@@]23C4C(=O)[C@H](O)[C@]5(C)C(C(=O)C[C@H]5c5ccoc5)[C@]4(C)[C@H](O)[C@@H]4OC[C@@]1(C42)[C@H](OC(C)=O)[C@H](OC(C)=O)[C@@H]3O. The van der Waals surface area contributed by atoms with Gasteiger partial charge in [0.05, 0.1) is 43.9 Å². The standard InChI is InChI=1S/C35H44O14/c1-7-14(2)30(43)49-31-35-13-45-21-25(35)34(12-46-31,28(42)22(47-15(3)36)29(35)48-16(4)37)24-20(39)26(40)32(5)18(17-8-9-44-11-17)10-19(38)23(32)33(24,6)27(21)41/h8-9,11,14,18,21-29,31,40-42H,7,10,12-13H2,1-6H3/t14?,18-,21+,22+,23?,24?,25?,26-,27+,28-,29+,31?,32-,33-,34+,35+/m0/s1. The Hall–Kier alpha value is -3.17. The van der Waals surface area contributed by atoms with Crippen LogP contribution in [0.3, 0.4) is 0 Å². The van der Waals surface area contributed by atoms with Crippen molar-refractivity contribution >= 4 is 29.5 Å². The highest BCUT2D eigenvalue weighted by atomic mass is 16.7. The van der Waals surface area contributed by atoms with Crippen LogP contribution in [-0.2, 0) is 47.7 Å². The summed E-state index contributed by atoms with van der Waals surface area (Å²) in [6, 6.07) is 1.68. The van der Waals surface area contributed by atoms with Gasteiger partial charge in [0.25, 0.3) is 0 Å². The zero-order valence-electron chi connectivity index (χ0n) is 28.3. The summed E-state index contributed by atoms with van der Waals surface area (Å²) in [7, 11) is 0. The van der Waals surface area contributed by atoms with Gasteiger partial charge in [-0.05, 0) is 18.1 Å². The van der Waals surface area contributed by atoms with Gasteiger partial charge >= 0.3 is 17.9 Å². The van der Waals surface area contributed by atoms with Crippen molar-refractivity contribution in [1.82, 2.24) is 0 Å². The van der Waals surface area contributed by atoms with Crippen LogP contribution in [0.1, 0.15) is 65.9 Å². The van der Waals surface area contributed by atoms with Crippen molar-refractivity contribution in [2.24, 2.45) is 45.3 Å². The predicted octanol–water partition coefficient (Wildman–Crippen LogP) is 1.07. The van der Waals surface area contributed by atoms with E-state index in [1.54, 1.807) is 33.8 Å². The van der Waals surface area contributed by atoms with Crippen LogP contribution >= 0.6 is 0 Å². The summed E-state index contributed by atoms with van der Waals surface area (Å²) < 4.78 is 35.6. The van der Waals surface area contributed by atoms with Crippen LogP contribution in [-0.4, -0.2) is 101 Å². The minimum Gasteiger partial charge on any atom is -0.472 e. The molecule has 6 aliphatic rings. The molecule has 16 atom stereocenters. The molecule has 0 radical (unpaired) electrons. The minimum absolute atomic E-state index is 0.0384. The molecular formula is C35H44O14. The summed E-state index contributed by atoms with van der Waals surface area (Å²) >= 11 is 0. The second-order valence-electron chi connectivity index (χ2n) is 15.5. The largest absolute Gasteiger partial charge is 0.472 e. The van der Waals surface area contributed by atoms with Crippen LogP contribution in [0.25, 0.3) is 0 Å². The minimum atomic E-state index is -1.78. The number of fused-ring (bicyclic) bond motifs is 3. The quantitative estimate of drug-likeness (QED) is 0.283. The van der Waals surface area contributed by atoms with Crippen LogP contribution in [0.15, 0.2) is 23.0 Å². The van der Waals surface area contributed by atoms with Gasteiger partial charge in [0.15, 0.2) is 18.0 Å². The molecule has 49 heavy (non-hydrogen) atoms. The predicted molar refractivity (Wildman–Crippen MR) is 162 cm³/mol. The van der Waals surface area contributed by atoms with E-state index in [0.29, 0.717) is 12.0 Å². The third-order valence-electron chi connectivity index (χ3n) is 13.4. The first-order chi connectivity index (χ1) is 23.0. The van der Waals surface area contributed by atoms with Gasteiger partial charge in [-0.2, -0.15) is 0 Å². The summed E-state index contributed by atoms with van der Waals surface area (Å²) in [5.41, 5.74) is -5.88. The van der Waals surface area contributed by atoms with E-state index in [4.69, 9.17) is 28.1 Å². The first-order valence-electron chi connectivity index (χ1n) is 16.9. The average Bonchev–Trinajstić information content (AvgIpc) is 3.78. The molecule has 3 N–H and O–H groups in total. The van der Waals surface area contributed by atoms with Crippen LogP contribution in [0, 0.1) is 45.3 Å². The lowest BCUT2D eigenvalue weighted by Gasteiger charge is -2.72. The van der Waals surface area contributed by atoms with Crippen molar-refractivity contribution in [1.29, 1.82) is 0 Å². The van der Waals surface area contributed by atoms with Crippen LogP contribution in [0.4, 0.5) is 0 Å². The van der Waals surface area contributed by atoms with Crippen molar-refractivity contribution in [3.05, 3.63) is 24.2 Å². The van der Waals surface area contributed by atoms with Crippen LogP contribution < -0.4 is 0 Å². The van der Waals surface area contributed by atoms with E-state index in [0.717, 1.165) is 13.8 Å². The Kier molecular flexibility index (Phi) is 7.81. The van der Waals surface area contributed by atoms with Gasteiger partial charge in [0, 0.05) is 60.2 Å². The van der Waals surface area contributed by atoms with Crippen LogP contribution in [0.5, 0.6) is 0 Å². The van der Waals surface area contributed by atoms with Crippen molar-refractivity contribution < 1.29 is 67.4 Å². The summed E-state index contributed by atoms with van der Waals surface area (Å²) in [4.78, 5) is 67.8. The van der Waals surface area contributed by atoms with Gasteiger partial charge in [-0.15, -0.1) is 0 Å². The van der Waals surface area contributed by atoms with Crippen LogP contribution in [0.2, 0.25) is 0 Å². The van der Waals surface area contributed by atoms with Crippen molar-refractivity contribution in [2.75, 3.05) is 13.2 Å². The lowest BCUT2D eigenvalue weighted by Crippen LogP contribution is -2.85. The van der Waals surface area contributed by atoms with Gasteiger partial charge in [-0.1, -0.05) is 27.7 Å². The van der Waals surface area contributed by atoms with Gasteiger partial charge < -0.3 is 43.4 Å². The highest BCUT2D eigenvalue weighted by Gasteiger charge is 2.88. The van der Waals surface area contributed by atoms with E-state index < -0.39 is 124 Å². The Morgan fingerprint density at radius 2 is 1.61 bits per heavy atom. The molecule has 2 bridgehead atoms. The zero-order valence-corrected chi connectivity index (χ0v) is 28.3. The number of furan rings is 1. The van der Waals surface area contributed by atoms with E-state index in [1.165, 1.54) is 12.5 Å². The smallest absolute Gasteiger partial charge is 0.310 e. The van der Waals surface area contributed by atoms with Crippen molar-refractivity contribution in [3.8, 4) is 0 Å². The molecule has 7 rings (SSSR count). The fourth-order valence-electron chi connectivity index (χ4n) is 11.5. The lowest BCUT2D eigenvalue weighted by atomic mass is 9.33. The van der Waals surface area contributed by atoms with E-state index in [2.05, 4.69) is 0 Å². The molecule has 3 heterocycles. The third-order valence-corrected chi connectivity index (χ3v) is 13.4. The van der Waals surface area contributed by atoms with Crippen molar-refractivity contribution in [3.63, 3.8) is 0 Å². The van der Waals surface area contributed by atoms with Gasteiger partial charge in [-0.3, -0.25) is 24.0 Å². The van der Waals surface area contributed by atoms with E-state index in [-0.39, 0.29) is 18.8 Å².